The smallest absolute Gasteiger partial charge is 0.318 e. The average molecular weight is 999 g/mol. The molecule has 5 N–H and O–H groups in total. The van der Waals surface area contributed by atoms with Gasteiger partial charge in [-0.1, -0.05) is 84.3 Å². The zero-order chi connectivity index (χ0) is 51.0. The first-order chi connectivity index (χ1) is 33.1. The summed E-state index contributed by atoms with van der Waals surface area (Å²) in [4.78, 5) is 61.4. The number of likely N-dealkylation sites (N-methyl/N-ethyl adjacent to an activating group) is 1. The number of hydrogen-bond donors (Lipinski definition) is 5. The predicted octanol–water partition coefficient (Wildman–Crippen LogP) is 8.03. The number of benzene rings is 3. The number of ether oxygens (including phenoxy) is 3. The molecule has 2 unspecified atom stereocenters. The molecule has 15 nitrogen and oxygen atoms in total. The number of hydrogen-bond acceptors (Lipinski definition) is 12. The number of β-amino-alcohol motifs (C(OH)–C–C–N with tert-alkyl or cyclic N) is 1. The lowest BCUT2D eigenvalue weighted by Gasteiger charge is -2.63. The molecule has 3 aromatic carbocycles. The molecule has 17 heteroatoms. The number of carbonyl (C=O) groups is 4. The minimum absolute atomic E-state index is 0.0146. The largest absolute Gasteiger partial charge is 0.494 e. The van der Waals surface area contributed by atoms with E-state index in [1.807, 2.05) is 57.5 Å². The summed E-state index contributed by atoms with van der Waals surface area (Å²) < 4.78 is 18.0. The molecule has 0 radical (unpaired) electrons. The average Bonchev–Trinajstić information content (AvgIpc) is 3.94. The van der Waals surface area contributed by atoms with Crippen LogP contribution in [0.1, 0.15) is 107 Å². The van der Waals surface area contributed by atoms with Crippen LogP contribution in [-0.4, -0.2) is 109 Å². The first kappa shape index (κ1) is 53.8. The monoisotopic (exact) mass is 997 g/mol. The SMILES string of the molecule is CNCC(NC(=O)N1C[C@@H](O)CC1C(=O)[C@@H](NC(=O)COCCCCCOc1ccc(C(=O)NC2C(C)(C)C(Oc3ccc(C#N)c(Cl)c3)C2(C)C)cc1)C(C)(C)C)c1ccc(-c2scnc2C)cc1. The number of ketones is 1. The van der Waals surface area contributed by atoms with Gasteiger partial charge in [0.25, 0.3) is 5.91 Å². The van der Waals surface area contributed by atoms with Crippen molar-refractivity contribution in [2.75, 3.05) is 40.0 Å². The Labute approximate surface area is 421 Å². The Morgan fingerprint density at radius 2 is 1.63 bits per heavy atom. The maximum Gasteiger partial charge on any atom is 0.318 e. The third-order valence-electron chi connectivity index (χ3n) is 13.3. The van der Waals surface area contributed by atoms with Crippen LogP contribution >= 0.6 is 22.9 Å². The number of Topliss-reactive ketones (excluding diaryl/α,β-unsaturated/α-hetero) is 1. The van der Waals surface area contributed by atoms with E-state index >= 15 is 0 Å². The van der Waals surface area contributed by atoms with Gasteiger partial charge in [0.2, 0.25) is 5.91 Å². The summed E-state index contributed by atoms with van der Waals surface area (Å²) in [6, 6.07) is 19.1. The third kappa shape index (κ3) is 12.8. The fourth-order valence-electron chi connectivity index (χ4n) is 9.90. The molecule has 1 saturated heterocycles. The lowest BCUT2D eigenvalue weighted by Crippen LogP contribution is -2.74. The second-order valence-corrected chi connectivity index (χ2v) is 21.8. The first-order valence-corrected chi connectivity index (χ1v) is 25.1. The van der Waals surface area contributed by atoms with Gasteiger partial charge >= 0.3 is 6.03 Å². The molecule has 4 aromatic rings. The molecule has 0 spiro atoms. The molecule has 1 aliphatic heterocycles. The van der Waals surface area contributed by atoms with Crippen molar-refractivity contribution in [1.29, 1.82) is 5.26 Å². The maximum atomic E-state index is 14.2. The third-order valence-corrected chi connectivity index (χ3v) is 14.6. The Hall–Kier alpha value is -5.57. The topological polar surface area (TPSA) is 204 Å². The van der Waals surface area contributed by atoms with E-state index in [4.69, 9.17) is 25.8 Å². The lowest BCUT2D eigenvalue weighted by molar-refractivity contribution is -0.164. The highest BCUT2D eigenvalue weighted by Gasteiger charge is 2.64. The summed E-state index contributed by atoms with van der Waals surface area (Å²) in [6.07, 6.45) is 1.17. The van der Waals surface area contributed by atoms with E-state index in [1.165, 1.54) is 4.90 Å². The number of aryl methyl sites for hydroxylation is 1. The molecular formula is C53H68ClN7O8S. The minimum atomic E-state index is -0.941. The molecule has 1 saturated carbocycles. The number of urea groups is 1. The Morgan fingerprint density at radius 3 is 2.24 bits per heavy atom. The van der Waals surface area contributed by atoms with Gasteiger partial charge in [0.15, 0.2) is 5.78 Å². The first-order valence-electron chi connectivity index (χ1n) is 23.9. The molecule has 0 bridgehead atoms. The van der Waals surface area contributed by atoms with Gasteiger partial charge in [-0.05, 0) is 86.2 Å². The van der Waals surface area contributed by atoms with E-state index in [2.05, 4.69) is 60.0 Å². The normalized spacial score (nSPS) is 20.1. The van der Waals surface area contributed by atoms with Gasteiger partial charge in [-0.25, -0.2) is 9.78 Å². The Kier molecular flexibility index (Phi) is 17.8. The number of aromatic nitrogens is 1. The highest BCUT2D eigenvalue weighted by molar-refractivity contribution is 7.13. The number of nitrogens with one attached hydrogen (secondary N) is 4. The molecule has 70 heavy (non-hydrogen) atoms. The number of aliphatic hydroxyl groups is 1. The number of halogens is 1. The number of thiazole rings is 1. The van der Waals surface area contributed by atoms with Gasteiger partial charge in [0.05, 0.1) is 57.5 Å². The van der Waals surface area contributed by atoms with E-state index in [-0.39, 0.29) is 43.4 Å². The summed E-state index contributed by atoms with van der Waals surface area (Å²) >= 11 is 7.81. The highest BCUT2D eigenvalue weighted by atomic mass is 35.5. The lowest BCUT2D eigenvalue weighted by atomic mass is 9.49. The van der Waals surface area contributed by atoms with E-state index in [1.54, 1.807) is 60.8 Å². The van der Waals surface area contributed by atoms with Crippen molar-refractivity contribution < 1.29 is 38.5 Å². The number of likely N-dealkylation sites (tertiary alicyclic amines) is 1. The van der Waals surface area contributed by atoms with Crippen LogP contribution in [0.15, 0.2) is 72.2 Å². The molecule has 2 fully saturated rings. The number of aliphatic hydroxyl groups excluding tert-OH is 1. The van der Waals surface area contributed by atoms with Gasteiger partial charge in [0, 0.05) is 54.6 Å². The fraction of sp³-hybridized carbons (Fsp3) is 0.509. The molecule has 4 atom stereocenters. The molecule has 376 valence electrons. The van der Waals surface area contributed by atoms with Crippen LogP contribution in [0, 0.1) is 34.5 Å². The quantitative estimate of drug-likeness (QED) is 0.0506. The van der Waals surface area contributed by atoms with Crippen molar-refractivity contribution in [3.63, 3.8) is 0 Å². The Morgan fingerprint density at radius 1 is 0.957 bits per heavy atom. The van der Waals surface area contributed by atoms with Crippen LogP contribution in [-0.2, 0) is 14.3 Å². The summed E-state index contributed by atoms with van der Waals surface area (Å²) in [6.45, 7) is 16.7. The molecular weight excluding hydrogens is 930 g/mol. The van der Waals surface area contributed by atoms with Crippen LogP contribution in [0.2, 0.25) is 5.02 Å². The summed E-state index contributed by atoms with van der Waals surface area (Å²) in [5, 5.41) is 32.5. The van der Waals surface area contributed by atoms with Crippen molar-refractivity contribution in [3.8, 4) is 28.0 Å². The number of unbranched alkanes of at least 4 members (excludes halogenated alkanes) is 2. The molecule has 4 amide bonds. The van der Waals surface area contributed by atoms with Gasteiger partial charge in [-0.2, -0.15) is 5.26 Å². The summed E-state index contributed by atoms with van der Waals surface area (Å²) in [5.74, 6) is 0.224. The van der Waals surface area contributed by atoms with Crippen molar-refractivity contribution >= 4 is 46.6 Å². The van der Waals surface area contributed by atoms with Crippen molar-refractivity contribution in [3.05, 3.63) is 99.6 Å². The Bertz CT molecular complexity index is 2490. The van der Waals surface area contributed by atoms with Crippen LogP contribution in [0.25, 0.3) is 10.4 Å². The zero-order valence-electron chi connectivity index (χ0n) is 41.7. The minimum Gasteiger partial charge on any atom is -0.494 e. The van der Waals surface area contributed by atoms with Gasteiger partial charge in [0.1, 0.15) is 30.3 Å². The van der Waals surface area contributed by atoms with E-state index in [0.29, 0.717) is 53.8 Å². The standard InChI is InChI=1S/C53H68ClN7O8S/c1-32-45(70-31-57-32)34-15-13-33(14-16-34)41(28-56-9)58-50(66)61-29-37(62)25-42(61)44(64)46(51(2,3)4)59-43(63)30-67-23-11-10-12-24-68-38-20-17-35(18-21-38)47(65)60-48-52(5,6)49(53(48,7)8)69-39-22-19-36(27-55)40(54)26-39/h13-22,26,31,37,41-42,46,48-49,56,62H,10-12,23-25,28-30H2,1-9H3,(H,58,66)(H,59,63)(H,60,65)/t37-,41?,42?,46+,48?,49?/m0/s1. The van der Waals surface area contributed by atoms with Crippen molar-refractivity contribution in [2.24, 2.45) is 16.2 Å². The molecule has 1 aromatic heterocycles. The number of nitrogens with zero attached hydrogens (tertiary/aromatic N) is 3. The predicted molar refractivity (Wildman–Crippen MR) is 271 cm³/mol. The number of rotatable bonds is 21. The Balaban J connectivity index is 0.903. The number of amides is 4. The van der Waals surface area contributed by atoms with E-state index < -0.39 is 52.4 Å². The zero-order valence-corrected chi connectivity index (χ0v) is 43.3. The second kappa shape index (κ2) is 23.1. The van der Waals surface area contributed by atoms with Crippen LogP contribution < -0.4 is 30.7 Å². The molecule has 6 rings (SSSR count). The van der Waals surface area contributed by atoms with Gasteiger partial charge < -0.3 is 45.5 Å². The van der Waals surface area contributed by atoms with Gasteiger partial charge in [-0.15, -0.1) is 11.3 Å². The highest BCUT2D eigenvalue weighted by Crippen LogP contribution is 2.55. The van der Waals surface area contributed by atoms with Crippen LogP contribution in [0.4, 0.5) is 4.79 Å². The summed E-state index contributed by atoms with van der Waals surface area (Å²) in [7, 11) is 1.80. The van der Waals surface area contributed by atoms with Crippen molar-refractivity contribution in [2.45, 2.75) is 117 Å². The maximum absolute atomic E-state index is 14.2. The molecule has 2 heterocycles. The van der Waals surface area contributed by atoms with Crippen molar-refractivity contribution in [1.82, 2.24) is 31.2 Å². The number of carbonyl (C=O) groups excluding carboxylic acids is 4. The number of nitriles is 1. The van der Waals surface area contributed by atoms with Crippen LogP contribution in [0.5, 0.6) is 11.5 Å². The molecule has 1 aliphatic carbocycles. The fourth-order valence-corrected chi connectivity index (χ4v) is 10.9. The second-order valence-electron chi connectivity index (χ2n) is 20.6. The van der Waals surface area contributed by atoms with E-state index in [0.717, 1.165) is 34.5 Å². The van der Waals surface area contributed by atoms with Gasteiger partial charge in [-0.3, -0.25) is 14.4 Å². The van der Waals surface area contributed by atoms with E-state index in [9.17, 15) is 29.5 Å². The van der Waals surface area contributed by atoms with Crippen LogP contribution in [0.3, 0.4) is 0 Å². The molecule has 2 aliphatic rings. The summed E-state index contributed by atoms with van der Waals surface area (Å²) in [5.41, 5.74) is 4.10.